The summed E-state index contributed by atoms with van der Waals surface area (Å²) in [5, 5.41) is 23.6. The monoisotopic (exact) mass is 767 g/mol. The number of benzene rings is 1. The summed E-state index contributed by atoms with van der Waals surface area (Å²) in [7, 11) is 0. The predicted molar refractivity (Wildman–Crippen MR) is 236 cm³/mol. The van der Waals surface area contributed by atoms with Gasteiger partial charge in [-0.15, -0.1) is 0 Å². The first-order valence-electron chi connectivity index (χ1n) is 21.7. The van der Waals surface area contributed by atoms with Gasteiger partial charge in [-0.1, -0.05) is 165 Å². The van der Waals surface area contributed by atoms with Crippen LogP contribution < -0.4 is 16.0 Å². The third-order valence-electron chi connectivity index (χ3n) is 12.3. The van der Waals surface area contributed by atoms with E-state index in [0.29, 0.717) is 36.2 Å². The molecule has 4 N–H and O–H groups in total. The molecule has 0 saturated carbocycles. The number of piperidine rings is 1. The Morgan fingerprint density at radius 2 is 1.31 bits per heavy atom. The van der Waals surface area contributed by atoms with Gasteiger partial charge in [-0.05, 0) is 84.8 Å². The standard InChI is InChI=1S/C46H82N6OS/c1-15-18-19-20-21-22-23-24-25-26-27-54-41-49-39(48-40(50-41)52-46(17-3)30-33(4)51-45(14,16-2)34(46)5)47-32-44(12,13)31-35-28-36(42(6,7)8)38(53)37(29-35)43(9,10)11/h28-29,33-34,51,53H,15-27,30-32H2,1-14H3,(H2,47,48,49,50,52). The molecule has 0 bridgehead atoms. The van der Waals surface area contributed by atoms with Crippen LogP contribution in [-0.4, -0.2) is 49.5 Å². The van der Waals surface area contributed by atoms with Crippen LogP contribution in [0.5, 0.6) is 5.75 Å². The van der Waals surface area contributed by atoms with Gasteiger partial charge in [-0.25, -0.2) is 0 Å². The fourth-order valence-corrected chi connectivity index (χ4v) is 9.42. The van der Waals surface area contributed by atoms with E-state index in [4.69, 9.17) is 15.0 Å². The molecule has 0 spiro atoms. The average Bonchev–Trinajstić information content (AvgIpc) is 3.08. The summed E-state index contributed by atoms with van der Waals surface area (Å²) in [5.74, 6) is 3.15. The molecule has 4 atom stereocenters. The molecule has 8 heteroatoms. The van der Waals surface area contributed by atoms with Crippen molar-refractivity contribution in [3.63, 3.8) is 0 Å². The van der Waals surface area contributed by atoms with E-state index < -0.39 is 0 Å². The number of nitrogens with zero attached hydrogens (tertiary/aromatic N) is 3. The second-order valence-corrected chi connectivity index (χ2v) is 21.0. The lowest BCUT2D eigenvalue weighted by molar-refractivity contribution is 0.0754. The molecule has 1 aliphatic heterocycles. The fourth-order valence-electron chi connectivity index (χ4n) is 8.58. The van der Waals surface area contributed by atoms with Crippen molar-refractivity contribution >= 4 is 23.7 Å². The Balaban J connectivity index is 1.81. The molecule has 4 unspecified atom stereocenters. The molecule has 0 amide bonds. The Kier molecular flexibility index (Phi) is 17.1. The molecular formula is C46H82N6OS. The van der Waals surface area contributed by atoms with Crippen LogP contribution in [0.4, 0.5) is 11.9 Å². The molecule has 1 aromatic carbocycles. The first kappa shape index (κ1) is 46.3. The van der Waals surface area contributed by atoms with E-state index in [-0.39, 0.29) is 27.3 Å². The molecule has 0 aliphatic carbocycles. The minimum atomic E-state index is -0.160. The lowest BCUT2D eigenvalue weighted by Gasteiger charge is -2.55. The zero-order chi connectivity index (χ0) is 40.4. The topological polar surface area (TPSA) is 95.0 Å². The van der Waals surface area contributed by atoms with Crippen LogP contribution in [-0.2, 0) is 17.3 Å². The van der Waals surface area contributed by atoms with Crippen LogP contribution in [0.15, 0.2) is 17.3 Å². The highest BCUT2D eigenvalue weighted by Gasteiger charge is 2.49. The maximum Gasteiger partial charge on any atom is 0.228 e. The third kappa shape index (κ3) is 13.3. The zero-order valence-electron chi connectivity index (χ0n) is 37.3. The van der Waals surface area contributed by atoms with Gasteiger partial charge in [-0.2, -0.15) is 15.0 Å². The van der Waals surface area contributed by atoms with E-state index >= 15 is 0 Å². The van der Waals surface area contributed by atoms with Crippen LogP contribution >= 0.6 is 11.8 Å². The lowest BCUT2D eigenvalue weighted by Crippen LogP contribution is -2.67. The Morgan fingerprint density at radius 3 is 1.83 bits per heavy atom. The first-order chi connectivity index (χ1) is 25.2. The van der Waals surface area contributed by atoms with Crippen molar-refractivity contribution in [3.8, 4) is 5.75 Å². The summed E-state index contributed by atoms with van der Waals surface area (Å²) in [6, 6.07) is 4.82. The van der Waals surface area contributed by atoms with E-state index in [9.17, 15) is 5.11 Å². The van der Waals surface area contributed by atoms with Crippen molar-refractivity contribution in [1.29, 1.82) is 0 Å². The normalized spacial score (nSPS) is 22.4. The zero-order valence-corrected chi connectivity index (χ0v) is 38.1. The van der Waals surface area contributed by atoms with Crippen LogP contribution in [0.1, 0.15) is 197 Å². The summed E-state index contributed by atoms with van der Waals surface area (Å²) in [6.45, 7) is 32.4. The minimum Gasteiger partial charge on any atom is -0.507 e. The molecule has 1 aromatic heterocycles. The second-order valence-electron chi connectivity index (χ2n) is 19.9. The first-order valence-corrected chi connectivity index (χ1v) is 22.7. The highest BCUT2D eigenvalue weighted by molar-refractivity contribution is 7.99. The van der Waals surface area contributed by atoms with Crippen LogP contribution in [0.25, 0.3) is 0 Å². The quantitative estimate of drug-likeness (QED) is 0.0737. The number of phenols is 1. The number of nitrogens with one attached hydrogen (secondary N) is 3. The fraction of sp³-hybridized carbons (Fsp3) is 0.804. The van der Waals surface area contributed by atoms with E-state index in [1.807, 2.05) is 0 Å². The van der Waals surface area contributed by atoms with Crippen molar-refractivity contribution in [2.45, 2.75) is 220 Å². The Labute approximate surface area is 336 Å². The summed E-state index contributed by atoms with van der Waals surface area (Å²) >= 11 is 1.77. The molecule has 2 aromatic rings. The maximum absolute atomic E-state index is 11.3. The van der Waals surface area contributed by atoms with Gasteiger partial charge in [0.25, 0.3) is 0 Å². The average molecular weight is 767 g/mol. The van der Waals surface area contributed by atoms with Crippen molar-refractivity contribution in [1.82, 2.24) is 20.3 Å². The number of aromatic nitrogens is 3. The molecule has 308 valence electrons. The van der Waals surface area contributed by atoms with Crippen LogP contribution in [0, 0.1) is 11.3 Å². The molecule has 2 heterocycles. The molecule has 1 fully saturated rings. The van der Waals surface area contributed by atoms with Gasteiger partial charge >= 0.3 is 0 Å². The number of rotatable bonds is 21. The minimum absolute atomic E-state index is 0.0276. The molecular weight excluding hydrogens is 685 g/mol. The number of hydrogen-bond donors (Lipinski definition) is 4. The number of anilines is 2. The summed E-state index contributed by atoms with van der Waals surface area (Å²) < 4.78 is 0. The second kappa shape index (κ2) is 19.9. The van der Waals surface area contributed by atoms with E-state index in [1.165, 1.54) is 69.8 Å². The van der Waals surface area contributed by atoms with Gasteiger partial charge in [-0.3, -0.25) is 0 Å². The van der Waals surface area contributed by atoms with Gasteiger partial charge in [0.15, 0.2) is 5.16 Å². The van der Waals surface area contributed by atoms with Gasteiger partial charge in [0.05, 0.1) is 0 Å². The van der Waals surface area contributed by atoms with Crippen LogP contribution in [0.3, 0.4) is 0 Å². The van der Waals surface area contributed by atoms with Gasteiger partial charge in [0, 0.05) is 29.4 Å². The molecule has 54 heavy (non-hydrogen) atoms. The lowest BCUT2D eigenvalue weighted by atomic mass is 9.64. The van der Waals surface area contributed by atoms with Gasteiger partial charge in [0.1, 0.15) is 5.75 Å². The molecule has 7 nitrogen and oxygen atoms in total. The molecule has 0 radical (unpaired) electrons. The molecule has 3 rings (SSSR count). The Bertz CT molecular complexity index is 1410. The van der Waals surface area contributed by atoms with Crippen molar-refractivity contribution in [3.05, 3.63) is 28.8 Å². The van der Waals surface area contributed by atoms with Crippen LogP contribution in [0.2, 0.25) is 0 Å². The molecule has 1 saturated heterocycles. The molecule has 1 aliphatic rings. The number of thioether (sulfide) groups is 1. The smallest absolute Gasteiger partial charge is 0.228 e. The largest absolute Gasteiger partial charge is 0.507 e. The SMILES string of the molecule is CCCCCCCCCCCCSc1nc(NCC(C)(C)Cc2cc(C(C)(C)C)c(O)c(C(C)(C)C)c2)nc(NC2(CC)CC(C)NC(C)(CC)C2C)n1. The van der Waals surface area contributed by atoms with Gasteiger partial charge in [0.2, 0.25) is 11.9 Å². The number of aromatic hydroxyl groups is 1. The van der Waals surface area contributed by atoms with Crippen molar-refractivity contribution < 1.29 is 5.11 Å². The summed E-state index contributed by atoms with van der Waals surface area (Å²) in [4.78, 5) is 15.1. The van der Waals surface area contributed by atoms with E-state index in [0.717, 1.165) is 47.7 Å². The maximum atomic E-state index is 11.3. The summed E-state index contributed by atoms with van der Waals surface area (Å²) in [5.41, 5.74) is 2.75. The number of unbranched alkanes of at least 4 members (excludes halogenated alkanes) is 9. The Morgan fingerprint density at radius 1 is 0.778 bits per heavy atom. The number of hydrogen-bond acceptors (Lipinski definition) is 8. The highest BCUT2D eigenvalue weighted by Crippen LogP contribution is 2.43. The Hall–Kier alpha value is -2.06. The summed E-state index contributed by atoms with van der Waals surface area (Å²) in [6.07, 6.45) is 17.3. The highest BCUT2D eigenvalue weighted by atomic mass is 32.2. The number of phenolic OH excluding ortho intramolecular Hbond substituents is 1. The van der Waals surface area contributed by atoms with Crippen molar-refractivity contribution in [2.24, 2.45) is 11.3 Å². The predicted octanol–water partition coefficient (Wildman–Crippen LogP) is 12.6. The van der Waals surface area contributed by atoms with Crippen molar-refractivity contribution in [2.75, 3.05) is 22.9 Å². The third-order valence-corrected chi connectivity index (χ3v) is 13.2. The van der Waals surface area contributed by atoms with E-state index in [2.05, 4.69) is 125 Å². The van der Waals surface area contributed by atoms with E-state index in [1.54, 1.807) is 11.8 Å². The van der Waals surface area contributed by atoms with Gasteiger partial charge < -0.3 is 21.1 Å².